The van der Waals surface area contributed by atoms with E-state index < -0.39 is 31.4 Å². The minimum Gasteiger partial charge on any atom is -0.748 e. The van der Waals surface area contributed by atoms with Crippen LogP contribution >= 0.6 is 0 Å². The van der Waals surface area contributed by atoms with E-state index in [1.165, 1.54) is 0 Å². The fraction of sp³-hybridized carbons (Fsp3) is 0.379. The van der Waals surface area contributed by atoms with Crippen LogP contribution < -0.4 is 56.3 Å². The predicted molar refractivity (Wildman–Crippen MR) is 151 cm³/mol. The Morgan fingerprint density at radius 1 is 0.897 bits per heavy atom. The van der Waals surface area contributed by atoms with Gasteiger partial charge in [0.2, 0.25) is 0 Å². The zero-order chi connectivity index (χ0) is 27.9. The van der Waals surface area contributed by atoms with Gasteiger partial charge in [0, 0.05) is 34.5 Å². The average molecular weight is 596 g/mol. The monoisotopic (exact) mass is 595 g/mol. The van der Waals surface area contributed by atoms with Crippen LogP contribution in [0.15, 0.2) is 78.0 Å². The first-order valence-corrected chi connectivity index (χ1v) is 15.8. The molecule has 0 bridgehead atoms. The second-order valence-electron chi connectivity index (χ2n) is 11.0. The van der Waals surface area contributed by atoms with E-state index in [4.69, 9.17) is 0 Å². The van der Waals surface area contributed by atoms with Crippen molar-refractivity contribution in [3.63, 3.8) is 0 Å². The Hall–Kier alpha value is -1.08. The SMILES string of the molecule is CC1(C)C(/C=C/C=C2/N(CCCCS(=O)(=O)[O-])c3ccccc3C2(C)C)=C(CS(=O)(=O)O)c2ccccc21.[K+]. The molecule has 0 spiro atoms. The first-order chi connectivity index (χ1) is 17.6. The molecular formula is C29H34KNO6S2. The topological polar surface area (TPSA) is 115 Å². The van der Waals surface area contributed by atoms with Crippen LogP contribution in [0.3, 0.4) is 0 Å². The van der Waals surface area contributed by atoms with Gasteiger partial charge in [0.15, 0.2) is 0 Å². The molecule has 0 unspecified atom stereocenters. The number of hydrogen-bond donors (Lipinski definition) is 1. The molecule has 0 fully saturated rings. The minimum absolute atomic E-state index is 0. The van der Waals surface area contributed by atoms with Crippen molar-refractivity contribution in [3.8, 4) is 0 Å². The number of benzene rings is 2. The van der Waals surface area contributed by atoms with Gasteiger partial charge in [-0.2, -0.15) is 8.42 Å². The summed E-state index contributed by atoms with van der Waals surface area (Å²) >= 11 is 0. The Balaban J connectivity index is 0.00000420. The first-order valence-electron chi connectivity index (χ1n) is 12.6. The molecule has 1 aliphatic heterocycles. The Morgan fingerprint density at radius 2 is 1.51 bits per heavy atom. The van der Waals surface area contributed by atoms with Gasteiger partial charge in [0.05, 0.1) is 10.1 Å². The summed E-state index contributed by atoms with van der Waals surface area (Å²) in [7, 11) is -8.49. The third kappa shape index (κ3) is 7.05. The standard InChI is InChI=1S/C29H35NO6S2.K/c1-28(2)23-13-6-5-12-21(23)22(20-38(34,35)36)24(28)15-11-17-27-29(3,4)25-14-7-8-16-26(25)30(27)18-9-10-19-37(31,32)33;/h5-8,11-17H,9-10,18-20H2,1-4H3,(H,31,32,33)(H,34,35,36);/q;+1/p-1/b15-11+,27-17+;. The molecule has 1 heterocycles. The maximum absolute atomic E-state index is 11.9. The number of para-hydroxylation sites is 1. The van der Waals surface area contributed by atoms with Gasteiger partial charge in [-0.3, -0.25) is 4.55 Å². The van der Waals surface area contributed by atoms with Crippen molar-refractivity contribution in [3.05, 3.63) is 94.7 Å². The summed E-state index contributed by atoms with van der Waals surface area (Å²) in [4.78, 5) is 2.17. The van der Waals surface area contributed by atoms with Gasteiger partial charge in [-0.1, -0.05) is 82.3 Å². The molecule has 39 heavy (non-hydrogen) atoms. The van der Waals surface area contributed by atoms with Gasteiger partial charge in [-0.15, -0.1) is 0 Å². The first kappa shape index (κ1) is 32.4. The van der Waals surface area contributed by atoms with E-state index in [0.717, 1.165) is 33.6 Å². The van der Waals surface area contributed by atoms with Crippen molar-refractivity contribution in [1.29, 1.82) is 0 Å². The molecule has 1 N–H and O–H groups in total. The van der Waals surface area contributed by atoms with Gasteiger partial charge in [0.25, 0.3) is 10.1 Å². The summed E-state index contributed by atoms with van der Waals surface area (Å²) in [5, 5.41) is 0. The molecule has 10 heteroatoms. The van der Waals surface area contributed by atoms with E-state index in [-0.39, 0.29) is 69.0 Å². The molecule has 204 valence electrons. The zero-order valence-corrected chi connectivity index (χ0v) is 27.9. The molecule has 0 saturated carbocycles. The fourth-order valence-corrected chi connectivity index (χ4v) is 7.01. The summed E-state index contributed by atoms with van der Waals surface area (Å²) < 4.78 is 66.7. The summed E-state index contributed by atoms with van der Waals surface area (Å²) in [5.74, 6) is -0.847. The van der Waals surface area contributed by atoms with Crippen LogP contribution in [0.5, 0.6) is 0 Å². The average Bonchev–Trinajstić information content (AvgIpc) is 3.15. The molecule has 0 aromatic heterocycles. The predicted octanol–water partition coefficient (Wildman–Crippen LogP) is 2.19. The van der Waals surface area contributed by atoms with Crippen molar-refractivity contribution in [2.75, 3.05) is 23.0 Å². The van der Waals surface area contributed by atoms with E-state index >= 15 is 0 Å². The number of unbranched alkanes of at least 4 members (excludes halogenated alkanes) is 1. The number of nitrogens with zero attached hydrogens (tertiary/aromatic N) is 1. The number of rotatable bonds is 9. The van der Waals surface area contributed by atoms with Crippen LogP contribution in [0, 0.1) is 0 Å². The van der Waals surface area contributed by atoms with Crippen molar-refractivity contribution >= 4 is 31.5 Å². The van der Waals surface area contributed by atoms with Crippen molar-refractivity contribution < 1.29 is 77.3 Å². The summed E-state index contributed by atoms with van der Waals surface area (Å²) in [6.07, 6.45) is 6.69. The minimum atomic E-state index is -4.25. The Bertz CT molecular complexity index is 1550. The summed E-state index contributed by atoms with van der Waals surface area (Å²) in [6, 6.07) is 15.7. The van der Waals surface area contributed by atoms with E-state index in [9.17, 15) is 25.9 Å². The molecule has 2 aromatic carbocycles. The molecule has 0 atom stereocenters. The number of hydrogen-bond acceptors (Lipinski definition) is 6. The molecule has 0 radical (unpaired) electrons. The third-order valence-electron chi connectivity index (χ3n) is 7.59. The van der Waals surface area contributed by atoms with E-state index in [2.05, 4.69) is 24.8 Å². The molecule has 0 saturated heterocycles. The van der Waals surface area contributed by atoms with Crippen LogP contribution in [0.1, 0.15) is 57.2 Å². The second kappa shape index (κ2) is 12.0. The van der Waals surface area contributed by atoms with E-state index in [0.29, 0.717) is 18.5 Å². The maximum Gasteiger partial charge on any atom is 1.00 e. The molecule has 2 aliphatic rings. The second-order valence-corrected chi connectivity index (χ2v) is 13.9. The van der Waals surface area contributed by atoms with E-state index in [1.807, 2.05) is 74.5 Å². The molecule has 0 amide bonds. The van der Waals surface area contributed by atoms with Crippen LogP contribution in [-0.2, 0) is 31.1 Å². The van der Waals surface area contributed by atoms with Gasteiger partial charge >= 0.3 is 51.4 Å². The molecule has 7 nitrogen and oxygen atoms in total. The summed E-state index contributed by atoms with van der Waals surface area (Å²) in [6.45, 7) is 8.91. The van der Waals surface area contributed by atoms with E-state index in [1.54, 1.807) is 0 Å². The molecule has 1 aliphatic carbocycles. The maximum atomic E-state index is 11.9. The molecule has 4 rings (SSSR count). The quantitative estimate of drug-likeness (QED) is 0.269. The van der Waals surface area contributed by atoms with Crippen molar-refractivity contribution in [2.24, 2.45) is 0 Å². The largest absolute Gasteiger partial charge is 1.00 e. The van der Waals surface area contributed by atoms with Crippen LogP contribution in [0.2, 0.25) is 0 Å². The number of anilines is 1. The molecule has 2 aromatic rings. The van der Waals surface area contributed by atoms with Gasteiger partial charge in [-0.05, 0) is 52.8 Å². The van der Waals surface area contributed by atoms with Gasteiger partial charge in [0.1, 0.15) is 5.75 Å². The Labute approximate surface area is 275 Å². The normalized spacial score (nSPS) is 18.9. The van der Waals surface area contributed by atoms with Gasteiger partial charge < -0.3 is 9.45 Å². The zero-order valence-electron chi connectivity index (χ0n) is 23.1. The Morgan fingerprint density at radius 3 is 2.15 bits per heavy atom. The Kier molecular flexibility index (Phi) is 10.0. The van der Waals surface area contributed by atoms with Crippen molar-refractivity contribution in [1.82, 2.24) is 0 Å². The van der Waals surface area contributed by atoms with Gasteiger partial charge in [-0.25, -0.2) is 8.42 Å². The summed E-state index contributed by atoms with van der Waals surface area (Å²) in [5.41, 5.74) is 5.68. The fourth-order valence-electron chi connectivity index (χ4n) is 5.77. The number of allylic oxidation sites excluding steroid dienone is 5. The molecular weight excluding hydrogens is 562 g/mol. The van der Waals surface area contributed by atoms with Crippen LogP contribution in [0.4, 0.5) is 5.69 Å². The van der Waals surface area contributed by atoms with Crippen LogP contribution in [0.25, 0.3) is 5.57 Å². The number of fused-ring (bicyclic) bond motifs is 2. The van der Waals surface area contributed by atoms with Crippen LogP contribution in [-0.4, -0.2) is 44.0 Å². The van der Waals surface area contributed by atoms with Crippen molar-refractivity contribution in [2.45, 2.75) is 51.4 Å². The third-order valence-corrected chi connectivity index (χ3v) is 9.04. The smallest absolute Gasteiger partial charge is 0.748 e.